The molecule has 2 aromatic rings. The summed E-state index contributed by atoms with van der Waals surface area (Å²) >= 11 is 17.5. The van der Waals surface area contributed by atoms with Crippen molar-refractivity contribution in [3.63, 3.8) is 0 Å². The number of methoxy groups -OCH3 is 1. The number of alkyl halides is 3. The number of hydrogen-bond donors (Lipinski definition) is 1. The molecule has 0 aromatic heterocycles. The molecule has 14 heteroatoms. The number of nitro groups is 1. The number of carbonyl (C=O) groups excluding carboxylic acids is 4. The Balaban J connectivity index is 1.49. The van der Waals surface area contributed by atoms with Crippen molar-refractivity contribution in [3.8, 4) is 11.5 Å². The molecule has 218 valence electrons. The highest BCUT2D eigenvalue weighted by Gasteiger charge is 2.76. The highest BCUT2D eigenvalue weighted by molar-refractivity contribution is 9.09. The van der Waals surface area contributed by atoms with E-state index in [4.69, 9.17) is 27.9 Å². The summed E-state index contributed by atoms with van der Waals surface area (Å²) < 4.78 is 5.21. The minimum atomic E-state index is -2.05. The van der Waals surface area contributed by atoms with Crippen molar-refractivity contribution in [1.82, 2.24) is 4.90 Å². The molecule has 0 radical (unpaired) electrons. The second-order valence-corrected chi connectivity index (χ2v) is 12.4. The van der Waals surface area contributed by atoms with E-state index in [1.54, 1.807) is 12.1 Å². The van der Waals surface area contributed by atoms with Gasteiger partial charge in [0.05, 0.1) is 35.0 Å². The number of nitro benzene ring substituents is 1. The molecule has 2 aliphatic heterocycles. The van der Waals surface area contributed by atoms with Crippen molar-refractivity contribution in [2.24, 2.45) is 17.8 Å². The molecule has 2 aromatic carbocycles. The number of non-ortho nitro benzene ring substituents is 1. The van der Waals surface area contributed by atoms with Crippen molar-refractivity contribution in [1.29, 1.82) is 0 Å². The van der Waals surface area contributed by atoms with Crippen LogP contribution < -0.4 is 9.64 Å². The van der Waals surface area contributed by atoms with Crippen LogP contribution in [0.5, 0.6) is 11.5 Å². The van der Waals surface area contributed by atoms with Crippen LogP contribution in [0.4, 0.5) is 11.4 Å². The zero-order valence-electron chi connectivity index (χ0n) is 21.8. The van der Waals surface area contributed by atoms with E-state index in [1.807, 2.05) is 0 Å². The molecule has 2 saturated heterocycles. The zero-order valence-corrected chi connectivity index (χ0v) is 24.9. The molecule has 2 aliphatic carbocycles. The summed E-state index contributed by atoms with van der Waals surface area (Å²) in [6.07, 6.45) is 1.67. The van der Waals surface area contributed by atoms with Crippen molar-refractivity contribution in [2.75, 3.05) is 17.5 Å². The van der Waals surface area contributed by atoms with Crippen LogP contribution in [0.3, 0.4) is 0 Å². The first-order valence-electron chi connectivity index (χ1n) is 12.9. The summed E-state index contributed by atoms with van der Waals surface area (Å²) in [5.41, 5.74) is 0.545. The number of rotatable bonds is 5. The Kier molecular flexibility index (Phi) is 6.67. The summed E-state index contributed by atoms with van der Waals surface area (Å²) in [6.45, 7) is 0. The molecule has 6 rings (SSSR count). The predicted octanol–water partition coefficient (Wildman–Crippen LogP) is 4.22. The molecule has 4 amide bonds. The number of ether oxygens (including phenoxy) is 1. The molecule has 11 nitrogen and oxygen atoms in total. The lowest BCUT2D eigenvalue weighted by molar-refractivity contribution is -0.384. The molecule has 2 heterocycles. The van der Waals surface area contributed by atoms with E-state index >= 15 is 0 Å². The van der Waals surface area contributed by atoms with Crippen LogP contribution in [0, 0.1) is 27.9 Å². The van der Waals surface area contributed by atoms with E-state index in [1.165, 1.54) is 43.5 Å². The number of likely N-dealkylation sites (tertiary alicyclic amines) is 1. The highest BCUT2D eigenvalue weighted by atomic mass is 79.9. The van der Waals surface area contributed by atoms with E-state index in [-0.39, 0.29) is 41.0 Å². The van der Waals surface area contributed by atoms with E-state index in [9.17, 15) is 34.4 Å². The Morgan fingerprint density at radius 2 is 1.76 bits per heavy atom. The number of fused-ring (bicyclic) bond motifs is 4. The summed E-state index contributed by atoms with van der Waals surface area (Å²) in [6, 6.07) is 9.54. The van der Waals surface area contributed by atoms with Gasteiger partial charge in [-0.25, -0.2) is 0 Å². The Labute approximate surface area is 257 Å². The Bertz CT molecular complexity index is 1620. The van der Waals surface area contributed by atoms with Gasteiger partial charge in [0.1, 0.15) is 11.5 Å². The predicted molar refractivity (Wildman–Crippen MR) is 154 cm³/mol. The number of allylic oxidation sites excluding steroid dienone is 2. The van der Waals surface area contributed by atoms with Crippen LogP contribution in [0.25, 0.3) is 0 Å². The highest BCUT2D eigenvalue weighted by Crippen LogP contribution is 2.66. The summed E-state index contributed by atoms with van der Waals surface area (Å²) in [4.78, 5) is 63.5. The summed E-state index contributed by atoms with van der Waals surface area (Å²) in [5, 5.41) is 22.2. The number of anilines is 1. The van der Waals surface area contributed by atoms with Crippen LogP contribution in [-0.4, -0.2) is 60.9 Å². The second kappa shape index (κ2) is 9.78. The third-order valence-corrected chi connectivity index (χ3v) is 10.8. The van der Waals surface area contributed by atoms with Gasteiger partial charge in [-0.15, -0.1) is 23.2 Å². The largest absolute Gasteiger partial charge is 0.508 e. The molecule has 42 heavy (non-hydrogen) atoms. The summed E-state index contributed by atoms with van der Waals surface area (Å²) in [5.74, 6) is -6.10. The van der Waals surface area contributed by atoms with Crippen LogP contribution in [0.15, 0.2) is 54.1 Å². The standard InChI is InChI=1S/C28H22BrCl2N3O8/c1-42-15-6-7-17(20(35)10-15)22-16-8-9-18-21(19(16)11-27(30)25(38)32(12-29)26(39)28(22,27)31)24(37)33(23(18)36)13-2-4-14(5-3-13)34(40)41/h2-8,10,18-19,21-22,35H,9,11-12H2,1H3/t18-,19+,21-,22+,27+,28-/m0/s1. The van der Waals surface area contributed by atoms with E-state index in [0.717, 1.165) is 9.80 Å². The number of phenolic OH excluding ortho intramolecular Hbond substituents is 1. The van der Waals surface area contributed by atoms with E-state index in [0.29, 0.717) is 11.3 Å². The van der Waals surface area contributed by atoms with Gasteiger partial charge < -0.3 is 9.84 Å². The third-order valence-electron chi connectivity index (χ3n) is 8.88. The fourth-order valence-electron chi connectivity index (χ4n) is 6.97. The van der Waals surface area contributed by atoms with Gasteiger partial charge >= 0.3 is 0 Å². The number of carbonyl (C=O) groups is 4. The van der Waals surface area contributed by atoms with Gasteiger partial charge in [0.25, 0.3) is 17.5 Å². The molecule has 0 spiro atoms. The lowest BCUT2D eigenvalue weighted by Crippen LogP contribution is -2.60. The van der Waals surface area contributed by atoms with Crippen molar-refractivity contribution >= 4 is 74.1 Å². The van der Waals surface area contributed by atoms with Crippen molar-refractivity contribution < 1.29 is 33.9 Å². The Morgan fingerprint density at radius 3 is 2.36 bits per heavy atom. The zero-order chi connectivity index (χ0) is 30.3. The monoisotopic (exact) mass is 677 g/mol. The van der Waals surface area contributed by atoms with Gasteiger partial charge in [0.2, 0.25) is 11.8 Å². The molecular weight excluding hydrogens is 657 g/mol. The molecule has 4 aliphatic rings. The van der Waals surface area contributed by atoms with Crippen LogP contribution in [0.2, 0.25) is 0 Å². The van der Waals surface area contributed by atoms with Gasteiger partial charge in [-0.3, -0.25) is 39.1 Å². The topological polar surface area (TPSA) is 147 Å². The molecule has 6 atom stereocenters. The molecular formula is C28H22BrCl2N3O8. The minimum absolute atomic E-state index is 0.129. The van der Waals surface area contributed by atoms with Crippen molar-refractivity contribution in [2.45, 2.75) is 28.5 Å². The Hall–Kier alpha value is -3.48. The van der Waals surface area contributed by atoms with E-state index < -0.39 is 62.0 Å². The first-order chi connectivity index (χ1) is 19.9. The van der Waals surface area contributed by atoms with Crippen LogP contribution in [-0.2, 0) is 19.2 Å². The van der Waals surface area contributed by atoms with Gasteiger partial charge in [0.15, 0.2) is 9.75 Å². The number of nitrogens with zero attached hydrogens (tertiary/aromatic N) is 3. The van der Waals surface area contributed by atoms with Crippen molar-refractivity contribution in [3.05, 3.63) is 69.8 Å². The first-order valence-corrected chi connectivity index (χ1v) is 14.8. The fourth-order valence-corrected chi connectivity index (χ4v) is 8.39. The van der Waals surface area contributed by atoms with Gasteiger partial charge in [0, 0.05) is 29.7 Å². The van der Waals surface area contributed by atoms with Crippen LogP contribution >= 0.6 is 39.1 Å². The fraction of sp³-hybridized carbons (Fsp3) is 0.357. The lowest BCUT2D eigenvalue weighted by atomic mass is 9.56. The number of amides is 4. The van der Waals surface area contributed by atoms with Gasteiger partial charge in [-0.2, -0.15) is 0 Å². The number of halogens is 3. The first kappa shape index (κ1) is 28.6. The number of hydrogen-bond acceptors (Lipinski definition) is 8. The minimum Gasteiger partial charge on any atom is -0.508 e. The normalized spacial score (nSPS) is 32.0. The number of benzene rings is 2. The number of imide groups is 2. The quantitative estimate of drug-likeness (QED) is 0.123. The van der Waals surface area contributed by atoms with Gasteiger partial charge in [-0.05, 0) is 37.0 Å². The maximum atomic E-state index is 14.0. The average Bonchev–Trinajstić information content (AvgIpc) is 3.31. The SMILES string of the molecule is COc1ccc([C@H]2C3=CC[C@@H]4C(=O)N(c5ccc([N+](=O)[O-])cc5)C(=O)[C@@H]4[C@@H]3C[C@@]3(Cl)C(=O)N(CBr)C(=O)[C@@]23Cl)c(O)c1. The molecule has 0 unspecified atom stereocenters. The second-order valence-electron chi connectivity index (χ2n) is 10.7. The number of phenols is 1. The maximum Gasteiger partial charge on any atom is 0.269 e. The number of aromatic hydroxyl groups is 1. The third kappa shape index (κ3) is 3.64. The average molecular weight is 679 g/mol. The maximum absolute atomic E-state index is 14.0. The molecule has 1 N–H and O–H groups in total. The van der Waals surface area contributed by atoms with E-state index in [2.05, 4.69) is 15.9 Å². The Morgan fingerprint density at radius 1 is 1.07 bits per heavy atom. The summed E-state index contributed by atoms with van der Waals surface area (Å²) in [7, 11) is 1.42. The molecule has 1 saturated carbocycles. The van der Waals surface area contributed by atoms with Gasteiger partial charge in [-0.1, -0.05) is 33.6 Å². The molecule has 0 bridgehead atoms. The van der Waals surface area contributed by atoms with Crippen LogP contribution in [0.1, 0.15) is 24.3 Å². The smallest absolute Gasteiger partial charge is 0.269 e. The lowest BCUT2D eigenvalue weighted by Gasteiger charge is -2.50. The molecule has 3 fully saturated rings.